The molecule has 0 aliphatic heterocycles. The van der Waals surface area contributed by atoms with Crippen molar-refractivity contribution in [3.8, 4) is 0 Å². The van der Waals surface area contributed by atoms with Crippen molar-refractivity contribution >= 4 is 12.0 Å². The summed E-state index contributed by atoms with van der Waals surface area (Å²) in [5.41, 5.74) is 6.49. The van der Waals surface area contributed by atoms with Gasteiger partial charge in [-0.15, -0.1) is 0 Å². The second-order valence-corrected chi connectivity index (χ2v) is 1.82. The van der Waals surface area contributed by atoms with Gasteiger partial charge in [0.1, 0.15) is 0 Å². The number of rotatable bonds is 4. The maximum atomic E-state index is 10.5. The third kappa shape index (κ3) is 6.63. The molecular weight excluding hydrogens is 148 g/mol. The van der Waals surface area contributed by atoms with Crippen molar-refractivity contribution in [2.75, 3.05) is 13.2 Å². The largest absolute Gasteiger partial charge is 0.450 e. The summed E-state index contributed by atoms with van der Waals surface area (Å²) in [5.74, 6) is -0.693. The first kappa shape index (κ1) is 9.74. The number of carbonyl (C=O) groups excluding carboxylic acids is 2. The van der Waals surface area contributed by atoms with Crippen LogP contribution in [0.3, 0.4) is 0 Å². The van der Waals surface area contributed by atoms with Crippen LogP contribution in [0.5, 0.6) is 0 Å². The lowest BCUT2D eigenvalue weighted by atomic mass is 10.4. The zero-order chi connectivity index (χ0) is 8.69. The summed E-state index contributed by atoms with van der Waals surface area (Å²) in [6, 6.07) is 0. The Labute approximate surface area is 64.9 Å². The van der Waals surface area contributed by atoms with Crippen LogP contribution in [0.2, 0.25) is 0 Å². The highest BCUT2D eigenvalue weighted by Gasteiger charge is 1.99. The molecule has 0 aliphatic rings. The molecule has 1 radical (unpaired) electrons. The lowest BCUT2D eigenvalue weighted by Crippen LogP contribution is -2.26. The molecule has 0 unspecified atom stereocenters. The third-order valence-corrected chi connectivity index (χ3v) is 0.897. The molecule has 0 rings (SSSR count). The summed E-state index contributed by atoms with van der Waals surface area (Å²) in [7, 11) is 0. The fraction of sp³-hybridized carbons (Fsp3) is 0.667. The van der Waals surface area contributed by atoms with E-state index in [0.717, 1.165) is 0 Å². The van der Waals surface area contributed by atoms with E-state index in [-0.39, 0.29) is 13.0 Å². The molecule has 2 N–H and O–H groups in total. The van der Waals surface area contributed by atoms with Gasteiger partial charge >= 0.3 is 6.09 Å². The van der Waals surface area contributed by atoms with Crippen molar-refractivity contribution in [1.82, 2.24) is 11.1 Å². The van der Waals surface area contributed by atoms with Gasteiger partial charge in [-0.1, -0.05) is 0 Å². The maximum absolute atomic E-state index is 10.5. The molecule has 0 aromatic heterocycles. The minimum absolute atomic E-state index is 0.0266. The second kappa shape index (κ2) is 5.52. The zero-order valence-electron chi connectivity index (χ0n) is 6.35. The lowest BCUT2D eigenvalue weighted by Gasteiger charge is -2.01. The van der Waals surface area contributed by atoms with Gasteiger partial charge in [0, 0.05) is 13.0 Å². The summed E-state index contributed by atoms with van der Waals surface area (Å²) in [6.07, 6.45) is -0.521. The predicted molar refractivity (Wildman–Crippen MR) is 37.7 cm³/mol. The molecule has 5 nitrogen and oxygen atoms in total. The Balaban J connectivity index is 3.24. The molecular formula is C6H11N2O3. The average Bonchev–Trinajstić information content (AvgIpc) is 1.87. The molecule has 0 fully saturated rings. The van der Waals surface area contributed by atoms with Crippen LogP contribution in [0.4, 0.5) is 4.79 Å². The van der Waals surface area contributed by atoms with Crippen LogP contribution in [0.1, 0.15) is 13.3 Å². The highest BCUT2D eigenvalue weighted by atomic mass is 16.5. The van der Waals surface area contributed by atoms with Gasteiger partial charge in [0.2, 0.25) is 5.91 Å². The molecule has 0 spiro atoms. The molecule has 0 aromatic rings. The van der Waals surface area contributed by atoms with E-state index in [4.69, 9.17) is 5.73 Å². The van der Waals surface area contributed by atoms with Gasteiger partial charge in [0.15, 0.2) is 0 Å². The van der Waals surface area contributed by atoms with Crippen molar-refractivity contribution < 1.29 is 14.3 Å². The first-order valence-corrected chi connectivity index (χ1v) is 3.32. The van der Waals surface area contributed by atoms with Gasteiger partial charge in [-0.2, -0.15) is 0 Å². The molecule has 0 saturated carbocycles. The number of hydrogen-bond donors (Lipinski definition) is 1. The standard InChI is InChI=1S/C6H11N2O3/c1-2-11-6(10)8-4-3-5(7)9/h7H,2-4H2,1H3,(H,8,10). The molecule has 0 bridgehead atoms. The van der Waals surface area contributed by atoms with Crippen molar-refractivity contribution in [3.05, 3.63) is 0 Å². The molecule has 11 heavy (non-hydrogen) atoms. The van der Waals surface area contributed by atoms with E-state index in [1.54, 1.807) is 6.92 Å². The number of alkyl carbamates (subject to hydrolysis) is 1. The van der Waals surface area contributed by atoms with E-state index in [9.17, 15) is 9.59 Å². The SMILES string of the molecule is CCOC(=O)NCCC([NH])=O. The Kier molecular flexibility index (Phi) is 4.89. The van der Waals surface area contributed by atoms with Crippen LogP contribution in [-0.2, 0) is 9.53 Å². The van der Waals surface area contributed by atoms with Crippen molar-refractivity contribution in [3.63, 3.8) is 0 Å². The number of ether oxygens (including phenoxy) is 1. The summed E-state index contributed by atoms with van der Waals surface area (Å²) < 4.78 is 4.50. The maximum Gasteiger partial charge on any atom is 0.407 e. The second-order valence-electron chi connectivity index (χ2n) is 1.82. The number of amides is 2. The normalized spacial score (nSPS) is 8.82. The van der Waals surface area contributed by atoms with Crippen LogP contribution < -0.4 is 11.1 Å². The highest BCUT2D eigenvalue weighted by Crippen LogP contribution is 1.78. The van der Waals surface area contributed by atoms with Gasteiger partial charge in [-0.25, -0.2) is 4.79 Å². The molecule has 0 saturated heterocycles. The molecule has 0 heterocycles. The number of carbonyl (C=O) groups is 2. The predicted octanol–water partition coefficient (Wildman–Crippen LogP) is -0.0679. The van der Waals surface area contributed by atoms with Crippen LogP contribution >= 0.6 is 0 Å². The van der Waals surface area contributed by atoms with Crippen molar-refractivity contribution in [2.24, 2.45) is 0 Å². The molecule has 2 amide bonds. The number of nitrogens with one attached hydrogen (secondary N) is 2. The molecule has 0 aliphatic carbocycles. The van der Waals surface area contributed by atoms with Crippen molar-refractivity contribution in [2.45, 2.75) is 13.3 Å². The van der Waals surface area contributed by atoms with E-state index in [1.807, 2.05) is 0 Å². The molecule has 5 heteroatoms. The van der Waals surface area contributed by atoms with Crippen LogP contribution in [0.15, 0.2) is 0 Å². The summed E-state index contributed by atoms with van der Waals surface area (Å²) in [5, 5.41) is 2.31. The van der Waals surface area contributed by atoms with E-state index in [1.165, 1.54) is 0 Å². The Bertz CT molecular complexity index is 147. The summed E-state index contributed by atoms with van der Waals surface area (Å²) >= 11 is 0. The van der Waals surface area contributed by atoms with E-state index < -0.39 is 12.0 Å². The molecule has 63 valence electrons. The van der Waals surface area contributed by atoms with Crippen LogP contribution in [-0.4, -0.2) is 25.2 Å². The van der Waals surface area contributed by atoms with Crippen LogP contribution in [0, 0.1) is 0 Å². The Morgan fingerprint density at radius 1 is 1.55 bits per heavy atom. The fourth-order valence-corrected chi connectivity index (χ4v) is 0.460. The zero-order valence-corrected chi connectivity index (χ0v) is 6.35. The lowest BCUT2D eigenvalue weighted by molar-refractivity contribution is -0.118. The smallest absolute Gasteiger partial charge is 0.407 e. The van der Waals surface area contributed by atoms with Gasteiger partial charge < -0.3 is 10.1 Å². The fourth-order valence-electron chi connectivity index (χ4n) is 0.460. The summed E-state index contributed by atoms with van der Waals surface area (Å²) in [4.78, 5) is 20.6. The van der Waals surface area contributed by atoms with E-state index in [0.29, 0.717) is 6.61 Å². The average molecular weight is 159 g/mol. The Morgan fingerprint density at radius 2 is 2.18 bits per heavy atom. The third-order valence-electron chi connectivity index (χ3n) is 0.897. The first-order valence-electron chi connectivity index (χ1n) is 3.32. The van der Waals surface area contributed by atoms with Gasteiger partial charge in [0.25, 0.3) is 0 Å². The molecule has 0 atom stereocenters. The van der Waals surface area contributed by atoms with Crippen LogP contribution in [0.25, 0.3) is 0 Å². The topological polar surface area (TPSA) is 79.2 Å². The number of hydrogen-bond acceptors (Lipinski definition) is 3. The van der Waals surface area contributed by atoms with E-state index >= 15 is 0 Å². The Morgan fingerprint density at radius 3 is 2.64 bits per heavy atom. The van der Waals surface area contributed by atoms with Gasteiger partial charge in [0.05, 0.1) is 6.61 Å². The minimum Gasteiger partial charge on any atom is -0.450 e. The monoisotopic (exact) mass is 159 g/mol. The minimum atomic E-state index is -0.693. The quantitative estimate of drug-likeness (QED) is 0.623. The van der Waals surface area contributed by atoms with Gasteiger partial charge in [-0.3, -0.25) is 10.5 Å². The summed E-state index contributed by atoms with van der Waals surface area (Å²) in [6.45, 7) is 2.16. The molecule has 0 aromatic carbocycles. The van der Waals surface area contributed by atoms with Gasteiger partial charge in [-0.05, 0) is 6.92 Å². The van der Waals surface area contributed by atoms with E-state index in [2.05, 4.69) is 10.1 Å². The highest BCUT2D eigenvalue weighted by molar-refractivity contribution is 5.74. The Hall–Kier alpha value is -1.26. The first-order chi connectivity index (χ1) is 5.16. The van der Waals surface area contributed by atoms with Crippen molar-refractivity contribution in [1.29, 1.82) is 0 Å².